The zero-order valence-corrected chi connectivity index (χ0v) is 14.0. The molecular weight excluding hydrogens is 288 g/mol. The first kappa shape index (κ1) is 15.2. The van der Waals surface area contributed by atoms with Crippen LogP contribution in [0.1, 0.15) is 28.7 Å². The van der Waals surface area contributed by atoms with Gasteiger partial charge >= 0.3 is 0 Å². The number of rotatable bonds is 4. The average Bonchev–Trinajstić information content (AvgIpc) is 2.57. The van der Waals surface area contributed by atoms with Crippen LogP contribution in [0.5, 0.6) is 0 Å². The second-order valence-electron chi connectivity index (χ2n) is 5.73. The van der Waals surface area contributed by atoms with Gasteiger partial charge in [0.05, 0.1) is 0 Å². The Kier molecular flexibility index (Phi) is 4.84. The number of thioether (sulfide) groups is 1. The standard InChI is InChI=1S/C19H22N2S/c1-14-8-9-15(2)16(12-14)13-22-18-7-4-3-6-17(18)19-20-10-5-11-21-19/h3-4,6-9,12H,5,10-11,13H2,1-2H3,(H,20,21). The van der Waals surface area contributed by atoms with Gasteiger partial charge in [-0.25, -0.2) is 0 Å². The van der Waals surface area contributed by atoms with Gasteiger partial charge in [0.2, 0.25) is 0 Å². The van der Waals surface area contributed by atoms with E-state index in [-0.39, 0.29) is 0 Å². The summed E-state index contributed by atoms with van der Waals surface area (Å²) in [6, 6.07) is 15.3. The highest BCUT2D eigenvalue weighted by atomic mass is 32.2. The monoisotopic (exact) mass is 310 g/mol. The molecule has 1 aliphatic heterocycles. The Morgan fingerprint density at radius 2 is 2.00 bits per heavy atom. The number of amidine groups is 1. The molecule has 22 heavy (non-hydrogen) atoms. The van der Waals surface area contributed by atoms with Gasteiger partial charge in [0.1, 0.15) is 5.84 Å². The smallest absolute Gasteiger partial charge is 0.129 e. The van der Waals surface area contributed by atoms with E-state index in [0.29, 0.717) is 0 Å². The Morgan fingerprint density at radius 1 is 1.14 bits per heavy atom. The molecule has 1 aliphatic rings. The molecule has 3 heteroatoms. The van der Waals surface area contributed by atoms with Gasteiger partial charge in [-0.15, -0.1) is 11.8 Å². The summed E-state index contributed by atoms with van der Waals surface area (Å²) in [5, 5.41) is 3.43. The van der Waals surface area contributed by atoms with Crippen LogP contribution in [-0.2, 0) is 5.75 Å². The minimum absolute atomic E-state index is 0.929. The molecule has 0 amide bonds. The Bertz CT molecular complexity index is 692. The fourth-order valence-electron chi connectivity index (χ4n) is 2.61. The van der Waals surface area contributed by atoms with Crippen LogP contribution in [-0.4, -0.2) is 18.9 Å². The van der Waals surface area contributed by atoms with E-state index in [9.17, 15) is 0 Å². The van der Waals surface area contributed by atoms with Crippen LogP contribution in [0, 0.1) is 13.8 Å². The molecule has 0 saturated carbocycles. The number of nitrogens with one attached hydrogen (secondary N) is 1. The SMILES string of the molecule is Cc1ccc(C)c(CSc2ccccc2C2=NCCCN2)c1. The molecule has 0 atom stereocenters. The van der Waals surface area contributed by atoms with Crippen molar-refractivity contribution in [3.63, 3.8) is 0 Å². The van der Waals surface area contributed by atoms with Crippen molar-refractivity contribution in [2.24, 2.45) is 4.99 Å². The minimum Gasteiger partial charge on any atom is -0.370 e. The lowest BCUT2D eigenvalue weighted by Gasteiger charge is -2.17. The van der Waals surface area contributed by atoms with Gasteiger partial charge in [0.25, 0.3) is 0 Å². The molecule has 0 spiro atoms. The highest BCUT2D eigenvalue weighted by molar-refractivity contribution is 7.98. The van der Waals surface area contributed by atoms with Crippen molar-refractivity contribution < 1.29 is 0 Å². The quantitative estimate of drug-likeness (QED) is 0.850. The van der Waals surface area contributed by atoms with Gasteiger partial charge in [-0.05, 0) is 37.5 Å². The first-order valence-corrected chi connectivity index (χ1v) is 8.79. The zero-order chi connectivity index (χ0) is 15.4. The fraction of sp³-hybridized carbons (Fsp3) is 0.316. The third kappa shape index (κ3) is 3.53. The number of benzene rings is 2. The molecule has 0 saturated heterocycles. The highest BCUT2D eigenvalue weighted by Gasteiger charge is 2.12. The van der Waals surface area contributed by atoms with Crippen molar-refractivity contribution in [2.45, 2.75) is 30.9 Å². The average molecular weight is 310 g/mol. The second kappa shape index (κ2) is 7.01. The lowest BCUT2D eigenvalue weighted by Crippen LogP contribution is -2.30. The summed E-state index contributed by atoms with van der Waals surface area (Å²) in [6.45, 7) is 6.30. The summed E-state index contributed by atoms with van der Waals surface area (Å²) in [4.78, 5) is 5.94. The van der Waals surface area contributed by atoms with Crippen LogP contribution in [0.25, 0.3) is 0 Å². The van der Waals surface area contributed by atoms with Crippen LogP contribution >= 0.6 is 11.8 Å². The van der Waals surface area contributed by atoms with Gasteiger partial charge in [0.15, 0.2) is 0 Å². The van der Waals surface area contributed by atoms with E-state index in [0.717, 1.165) is 31.1 Å². The number of nitrogens with zero attached hydrogens (tertiary/aromatic N) is 1. The molecule has 1 N–H and O–H groups in total. The molecule has 114 valence electrons. The fourth-order valence-corrected chi connectivity index (χ4v) is 3.73. The van der Waals surface area contributed by atoms with Crippen LogP contribution < -0.4 is 5.32 Å². The summed E-state index contributed by atoms with van der Waals surface area (Å²) < 4.78 is 0. The van der Waals surface area contributed by atoms with E-state index >= 15 is 0 Å². The molecule has 0 radical (unpaired) electrons. The Labute approximate surface area is 137 Å². The third-order valence-corrected chi connectivity index (χ3v) is 5.05. The van der Waals surface area contributed by atoms with Crippen molar-refractivity contribution in [1.29, 1.82) is 0 Å². The predicted octanol–water partition coefficient (Wildman–Crippen LogP) is 4.34. The van der Waals surface area contributed by atoms with Crippen LogP contribution in [0.3, 0.4) is 0 Å². The highest BCUT2D eigenvalue weighted by Crippen LogP contribution is 2.28. The van der Waals surface area contributed by atoms with Gasteiger partial charge in [-0.3, -0.25) is 4.99 Å². The number of hydrogen-bond donors (Lipinski definition) is 1. The van der Waals surface area contributed by atoms with Crippen LogP contribution in [0.15, 0.2) is 52.4 Å². The van der Waals surface area contributed by atoms with Crippen molar-refractivity contribution >= 4 is 17.6 Å². The summed E-state index contributed by atoms with van der Waals surface area (Å²) in [5.41, 5.74) is 5.34. The second-order valence-corrected chi connectivity index (χ2v) is 6.74. The Morgan fingerprint density at radius 3 is 2.82 bits per heavy atom. The minimum atomic E-state index is 0.929. The van der Waals surface area contributed by atoms with E-state index in [1.54, 1.807) is 0 Å². The first-order valence-electron chi connectivity index (χ1n) is 7.81. The van der Waals surface area contributed by atoms with E-state index in [4.69, 9.17) is 0 Å². The Hall–Kier alpha value is -1.74. The Balaban J connectivity index is 1.81. The maximum absolute atomic E-state index is 4.64. The molecular formula is C19H22N2S. The number of hydrogen-bond acceptors (Lipinski definition) is 3. The van der Waals surface area contributed by atoms with Gasteiger partial charge in [0, 0.05) is 29.3 Å². The van der Waals surface area contributed by atoms with Gasteiger partial charge in [-0.2, -0.15) is 0 Å². The molecule has 0 aliphatic carbocycles. The maximum atomic E-state index is 4.64. The molecule has 0 aromatic heterocycles. The summed E-state index contributed by atoms with van der Waals surface area (Å²) in [5.74, 6) is 2.05. The van der Waals surface area contributed by atoms with E-state index in [1.165, 1.54) is 27.1 Å². The van der Waals surface area contributed by atoms with Crippen molar-refractivity contribution in [3.8, 4) is 0 Å². The molecule has 1 heterocycles. The first-order chi connectivity index (χ1) is 10.7. The number of aryl methyl sites for hydroxylation is 2. The van der Waals surface area contributed by atoms with E-state index in [1.807, 2.05) is 11.8 Å². The van der Waals surface area contributed by atoms with Crippen molar-refractivity contribution in [2.75, 3.05) is 13.1 Å². The molecule has 0 unspecified atom stereocenters. The molecule has 2 aromatic rings. The summed E-state index contributed by atoms with van der Waals surface area (Å²) >= 11 is 1.90. The third-order valence-electron chi connectivity index (χ3n) is 3.93. The zero-order valence-electron chi connectivity index (χ0n) is 13.2. The molecule has 2 nitrogen and oxygen atoms in total. The van der Waals surface area contributed by atoms with E-state index in [2.05, 4.69) is 66.6 Å². The molecule has 0 fully saturated rings. The van der Waals surface area contributed by atoms with Crippen molar-refractivity contribution in [1.82, 2.24) is 5.32 Å². The maximum Gasteiger partial charge on any atom is 0.129 e. The number of aliphatic imine (C=N–C) groups is 1. The molecule has 2 aromatic carbocycles. The van der Waals surface area contributed by atoms with Gasteiger partial charge in [-0.1, -0.05) is 42.0 Å². The topological polar surface area (TPSA) is 24.4 Å². The molecule has 0 bridgehead atoms. The normalized spacial score (nSPS) is 14.4. The predicted molar refractivity (Wildman–Crippen MR) is 95.9 cm³/mol. The molecule has 3 rings (SSSR count). The van der Waals surface area contributed by atoms with E-state index < -0.39 is 0 Å². The lowest BCUT2D eigenvalue weighted by atomic mass is 10.1. The van der Waals surface area contributed by atoms with Crippen LogP contribution in [0.2, 0.25) is 0 Å². The van der Waals surface area contributed by atoms with Crippen molar-refractivity contribution in [3.05, 3.63) is 64.7 Å². The van der Waals surface area contributed by atoms with Crippen LogP contribution in [0.4, 0.5) is 0 Å². The largest absolute Gasteiger partial charge is 0.370 e. The summed E-state index contributed by atoms with van der Waals surface area (Å²) in [6.07, 6.45) is 1.13. The summed E-state index contributed by atoms with van der Waals surface area (Å²) in [7, 11) is 0. The lowest BCUT2D eigenvalue weighted by molar-refractivity contribution is 0.741. The van der Waals surface area contributed by atoms with Gasteiger partial charge < -0.3 is 5.32 Å².